The summed E-state index contributed by atoms with van der Waals surface area (Å²) in [5.74, 6) is 1.67. The van der Waals surface area contributed by atoms with Crippen LogP contribution in [0.1, 0.15) is 30.5 Å². The van der Waals surface area contributed by atoms with E-state index >= 15 is 0 Å². The average Bonchev–Trinajstić information content (AvgIpc) is 2.68. The Morgan fingerprint density at radius 3 is 1.77 bits per heavy atom. The van der Waals surface area contributed by atoms with E-state index < -0.39 is 0 Å². The molecule has 26 heavy (non-hydrogen) atoms. The highest BCUT2D eigenvalue weighted by molar-refractivity contribution is 5.54. The first-order valence-electron chi connectivity index (χ1n) is 8.35. The molecule has 0 fully saturated rings. The van der Waals surface area contributed by atoms with Gasteiger partial charge in [0.05, 0.1) is 21.3 Å². The third-order valence-electron chi connectivity index (χ3n) is 3.70. The van der Waals surface area contributed by atoms with Crippen molar-refractivity contribution in [2.75, 3.05) is 21.3 Å². The molecule has 0 bridgehead atoms. The molecule has 2 rings (SSSR count). The number of methoxy groups -OCH3 is 3. The molecule has 0 aliphatic carbocycles. The lowest BCUT2D eigenvalue weighted by Gasteiger charge is -2.12. The van der Waals surface area contributed by atoms with Gasteiger partial charge in [-0.3, -0.25) is 0 Å². The molecule has 2 aromatic rings. The van der Waals surface area contributed by atoms with E-state index in [1.165, 1.54) is 14.2 Å². The van der Waals surface area contributed by atoms with Crippen molar-refractivity contribution in [2.24, 2.45) is 0 Å². The van der Waals surface area contributed by atoms with Crippen molar-refractivity contribution >= 4 is 6.08 Å². The summed E-state index contributed by atoms with van der Waals surface area (Å²) >= 11 is 0. The van der Waals surface area contributed by atoms with Crippen LogP contribution in [0.5, 0.6) is 23.0 Å². The predicted molar refractivity (Wildman–Crippen MR) is 108 cm³/mol. The number of rotatable bonds is 7. The summed E-state index contributed by atoms with van der Waals surface area (Å²) in [6, 6.07) is 9.70. The fraction of sp³-hybridized carbons (Fsp3) is 0.333. The zero-order valence-electron chi connectivity index (χ0n) is 16.5. The van der Waals surface area contributed by atoms with Crippen LogP contribution >= 0.6 is 0 Å². The molecule has 0 atom stereocenters. The highest BCUT2D eigenvalue weighted by atomic mass is 16.5. The zero-order chi connectivity index (χ0) is 18.8. The van der Waals surface area contributed by atoms with Crippen molar-refractivity contribution in [1.29, 1.82) is 0 Å². The normalized spacial score (nSPS) is 9.27. The van der Waals surface area contributed by atoms with Crippen molar-refractivity contribution in [2.45, 2.75) is 26.7 Å². The summed E-state index contributed by atoms with van der Waals surface area (Å²) in [6.45, 7) is 7.80. The van der Waals surface area contributed by atoms with Crippen LogP contribution in [0.2, 0.25) is 0 Å². The quantitative estimate of drug-likeness (QED) is 0.722. The van der Waals surface area contributed by atoms with Crippen LogP contribution in [-0.2, 0) is 12.8 Å². The molecule has 0 saturated carbocycles. The maximum absolute atomic E-state index is 9.96. The second kappa shape index (κ2) is 11.8. The third kappa shape index (κ3) is 6.01. The minimum absolute atomic E-state index is 0. The van der Waals surface area contributed by atoms with Crippen LogP contribution in [0, 0.1) is 0 Å². The number of benzene rings is 2. The van der Waals surface area contributed by atoms with Crippen molar-refractivity contribution in [3.05, 3.63) is 53.6 Å². The Hall–Kier alpha value is -2.66. The summed E-state index contributed by atoms with van der Waals surface area (Å²) in [5, 5.41) is 9.96. The van der Waals surface area contributed by atoms with Gasteiger partial charge in [0.15, 0.2) is 11.5 Å². The molecule has 0 aliphatic rings. The number of ether oxygens (including phenoxy) is 3. The van der Waals surface area contributed by atoms with Crippen molar-refractivity contribution in [3.63, 3.8) is 0 Å². The summed E-state index contributed by atoms with van der Waals surface area (Å²) in [6.07, 6.45) is 3.42. The van der Waals surface area contributed by atoms with Gasteiger partial charge in [0.2, 0.25) is 5.75 Å². The molecular weight excluding hydrogens is 330 g/mol. The number of aryl methyl sites for hydroxylation is 2. The second-order valence-electron chi connectivity index (χ2n) is 5.17. The largest absolute Gasteiger partial charge is 0.502 e. The summed E-state index contributed by atoms with van der Waals surface area (Å²) < 4.78 is 15.7. The molecule has 0 radical (unpaired) electrons. The van der Waals surface area contributed by atoms with E-state index in [-0.39, 0.29) is 11.9 Å². The van der Waals surface area contributed by atoms with Crippen LogP contribution in [0.25, 0.3) is 6.08 Å². The first kappa shape index (κ1) is 23.3. The molecule has 0 aliphatic heterocycles. The molecule has 4 N–H and O–H groups in total. The summed E-state index contributed by atoms with van der Waals surface area (Å²) in [5.41, 5.74) is 3.21. The van der Waals surface area contributed by atoms with Gasteiger partial charge in [-0.1, -0.05) is 32.6 Å². The monoisotopic (exact) mass is 361 g/mol. The van der Waals surface area contributed by atoms with Crippen LogP contribution in [0.4, 0.5) is 0 Å². The predicted octanol–water partition coefficient (Wildman–Crippen LogP) is 5.03. The summed E-state index contributed by atoms with van der Waals surface area (Å²) in [4.78, 5) is 0. The van der Waals surface area contributed by atoms with E-state index in [1.807, 2.05) is 38.1 Å². The number of hydrogen-bond donors (Lipinski definition) is 2. The molecule has 5 heteroatoms. The molecule has 0 spiro atoms. The first-order valence-corrected chi connectivity index (χ1v) is 8.35. The Morgan fingerprint density at radius 1 is 0.846 bits per heavy atom. The molecule has 0 unspecified atom stereocenters. The van der Waals surface area contributed by atoms with Crippen molar-refractivity contribution in [1.82, 2.24) is 6.15 Å². The Balaban J connectivity index is 0.00000201. The molecule has 0 saturated heterocycles. The highest BCUT2D eigenvalue weighted by Gasteiger charge is 2.11. The first-order chi connectivity index (χ1) is 12.1. The van der Waals surface area contributed by atoms with E-state index in [2.05, 4.69) is 12.6 Å². The Labute approximate surface area is 156 Å². The topological polar surface area (TPSA) is 82.9 Å². The van der Waals surface area contributed by atoms with Crippen molar-refractivity contribution < 1.29 is 19.3 Å². The van der Waals surface area contributed by atoms with Crippen LogP contribution in [-0.4, -0.2) is 26.4 Å². The molecule has 0 aromatic heterocycles. The lowest BCUT2D eigenvalue weighted by molar-refractivity contribution is 0.339. The lowest BCUT2D eigenvalue weighted by Crippen LogP contribution is -1.96. The van der Waals surface area contributed by atoms with Crippen LogP contribution in [0.3, 0.4) is 0 Å². The number of phenolic OH excluding ortho intramolecular Hbond substituents is 1. The Kier molecular flexibility index (Phi) is 10.6. The molecule has 0 amide bonds. The molecule has 144 valence electrons. The van der Waals surface area contributed by atoms with Gasteiger partial charge in [-0.05, 0) is 53.8 Å². The maximum Gasteiger partial charge on any atom is 0.200 e. The molecule has 0 heterocycles. The van der Waals surface area contributed by atoms with Gasteiger partial charge in [0.1, 0.15) is 5.75 Å². The zero-order valence-corrected chi connectivity index (χ0v) is 16.5. The van der Waals surface area contributed by atoms with E-state index in [4.69, 9.17) is 14.2 Å². The maximum atomic E-state index is 9.96. The van der Waals surface area contributed by atoms with Gasteiger partial charge in [-0.25, -0.2) is 0 Å². The molecule has 2 aromatic carbocycles. The summed E-state index contributed by atoms with van der Waals surface area (Å²) in [7, 11) is 4.70. The van der Waals surface area contributed by atoms with Gasteiger partial charge in [-0.2, -0.15) is 0 Å². The smallest absolute Gasteiger partial charge is 0.200 e. The van der Waals surface area contributed by atoms with Crippen LogP contribution < -0.4 is 20.4 Å². The molecular formula is C21H31NO4. The van der Waals surface area contributed by atoms with Gasteiger partial charge >= 0.3 is 0 Å². The second-order valence-corrected chi connectivity index (χ2v) is 5.17. The lowest BCUT2D eigenvalue weighted by atomic mass is 10.0. The fourth-order valence-corrected chi connectivity index (χ4v) is 2.45. The Morgan fingerprint density at radius 2 is 1.35 bits per heavy atom. The van der Waals surface area contributed by atoms with E-state index in [0.717, 1.165) is 35.3 Å². The van der Waals surface area contributed by atoms with Crippen LogP contribution in [0.15, 0.2) is 36.9 Å². The van der Waals surface area contributed by atoms with E-state index in [9.17, 15) is 5.11 Å². The standard InChI is InChI=1S/C19H22O4.C2H6.H3N/c1-5-13-8-14(10-16(9-13)21-2)6-7-15-11-17(22-3)19(20)18(12-15)23-4;1-2;/h5,8-12,20H,1,6-7H2,2-4H3;1-2H3;1H3. The van der Waals surface area contributed by atoms with E-state index in [0.29, 0.717) is 11.5 Å². The minimum Gasteiger partial charge on any atom is -0.502 e. The number of aromatic hydroxyl groups is 1. The SMILES string of the molecule is C=Cc1cc(CCc2cc(OC)c(O)c(OC)c2)cc(OC)c1.CC.N. The Bertz CT molecular complexity index is 673. The third-order valence-corrected chi connectivity index (χ3v) is 3.70. The van der Waals surface area contributed by atoms with E-state index in [1.54, 1.807) is 13.2 Å². The minimum atomic E-state index is 0. The fourth-order valence-electron chi connectivity index (χ4n) is 2.45. The van der Waals surface area contributed by atoms with Gasteiger partial charge in [0.25, 0.3) is 0 Å². The number of phenols is 1. The van der Waals surface area contributed by atoms with Gasteiger partial charge in [0, 0.05) is 0 Å². The highest BCUT2D eigenvalue weighted by Crippen LogP contribution is 2.37. The average molecular weight is 361 g/mol. The molecule has 5 nitrogen and oxygen atoms in total. The van der Waals surface area contributed by atoms with Gasteiger partial charge in [-0.15, -0.1) is 0 Å². The number of hydrogen-bond acceptors (Lipinski definition) is 5. The van der Waals surface area contributed by atoms with Crippen molar-refractivity contribution in [3.8, 4) is 23.0 Å². The van der Waals surface area contributed by atoms with Gasteiger partial charge < -0.3 is 25.5 Å².